The van der Waals surface area contributed by atoms with E-state index in [1.807, 2.05) is 0 Å². The Balaban J connectivity index is 2.78. The minimum Gasteiger partial charge on any atom is -0.399 e. The molecule has 88 valence electrons. The molecule has 0 bridgehead atoms. The third-order valence-corrected chi connectivity index (χ3v) is 2.22. The van der Waals surface area contributed by atoms with Gasteiger partial charge in [-0.2, -0.15) is 0 Å². The number of nitrogens with zero attached hydrogens (tertiary/aromatic N) is 1. The fourth-order valence-corrected chi connectivity index (χ4v) is 1.29. The van der Waals surface area contributed by atoms with Crippen molar-refractivity contribution in [2.75, 3.05) is 0 Å². The van der Waals surface area contributed by atoms with Gasteiger partial charge in [-0.1, -0.05) is 30.9 Å². The summed E-state index contributed by atoms with van der Waals surface area (Å²) in [6.07, 6.45) is 5.36. The minimum atomic E-state index is -0.230. The van der Waals surface area contributed by atoms with Crippen LogP contribution in [0.25, 0.3) is 0 Å². The maximum absolute atomic E-state index is 13.3. The van der Waals surface area contributed by atoms with Crippen molar-refractivity contribution in [2.24, 2.45) is 10.7 Å². The summed E-state index contributed by atoms with van der Waals surface area (Å²) >= 11 is 0. The lowest BCUT2D eigenvalue weighted by molar-refractivity contribution is 0.614. The Morgan fingerprint density at radius 1 is 1.41 bits per heavy atom. The fourth-order valence-electron chi connectivity index (χ4n) is 1.29. The van der Waals surface area contributed by atoms with E-state index in [1.165, 1.54) is 6.07 Å². The van der Waals surface area contributed by atoms with Crippen molar-refractivity contribution in [1.29, 1.82) is 0 Å². The van der Waals surface area contributed by atoms with Gasteiger partial charge in [-0.05, 0) is 36.9 Å². The van der Waals surface area contributed by atoms with Crippen LogP contribution in [0.3, 0.4) is 0 Å². The number of aliphatic imine (C=N–C) groups is 1. The number of benzene rings is 1. The summed E-state index contributed by atoms with van der Waals surface area (Å²) in [5.74, 6) is -0.230. The summed E-state index contributed by atoms with van der Waals surface area (Å²) in [7, 11) is 0. The molecule has 1 aromatic rings. The third-order valence-electron chi connectivity index (χ3n) is 2.22. The monoisotopic (exact) mass is 230 g/mol. The van der Waals surface area contributed by atoms with Crippen molar-refractivity contribution >= 4 is 6.72 Å². The molecule has 0 spiro atoms. The summed E-state index contributed by atoms with van der Waals surface area (Å²) in [5, 5.41) is 0. The van der Waals surface area contributed by atoms with E-state index < -0.39 is 0 Å². The zero-order valence-electron chi connectivity index (χ0n) is 9.57. The summed E-state index contributed by atoms with van der Waals surface area (Å²) in [4.78, 5) is 3.72. The molecular weight excluding hydrogens is 215 g/mol. The number of allylic oxidation sites excluding steroid dienone is 3. The predicted molar refractivity (Wildman–Crippen MR) is 70.2 cm³/mol. The van der Waals surface area contributed by atoms with Crippen LogP contribution in [0.15, 0.2) is 65.5 Å². The van der Waals surface area contributed by atoms with Gasteiger partial charge in [-0.15, -0.1) is 0 Å². The van der Waals surface area contributed by atoms with Crippen LogP contribution >= 0.6 is 0 Å². The van der Waals surface area contributed by atoms with Crippen LogP contribution in [0.5, 0.6) is 0 Å². The molecular formula is C14H15FN2. The molecule has 0 aromatic heterocycles. The average Bonchev–Trinajstić information content (AvgIpc) is 2.35. The quantitative estimate of drug-likeness (QED) is 0.613. The molecule has 2 nitrogen and oxygen atoms in total. The lowest BCUT2D eigenvalue weighted by Crippen LogP contribution is -1.96. The molecule has 17 heavy (non-hydrogen) atoms. The minimum absolute atomic E-state index is 0.230. The molecule has 1 rings (SSSR count). The molecule has 0 unspecified atom stereocenters. The maximum atomic E-state index is 13.3. The first-order valence-electron chi connectivity index (χ1n) is 5.17. The molecule has 0 aliphatic heterocycles. The smallest absolute Gasteiger partial charge is 0.126 e. The van der Waals surface area contributed by atoms with Gasteiger partial charge in [-0.3, -0.25) is 4.99 Å². The van der Waals surface area contributed by atoms with E-state index in [9.17, 15) is 4.39 Å². The molecule has 0 atom stereocenters. The van der Waals surface area contributed by atoms with Gasteiger partial charge >= 0.3 is 0 Å². The summed E-state index contributed by atoms with van der Waals surface area (Å²) in [6.45, 7) is 6.96. The molecule has 0 amide bonds. The fraction of sp³-hybridized carbons (Fsp3) is 0.0714. The Morgan fingerprint density at radius 3 is 2.71 bits per heavy atom. The second-order valence-corrected chi connectivity index (χ2v) is 3.43. The molecule has 0 saturated heterocycles. The average molecular weight is 230 g/mol. The van der Waals surface area contributed by atoms with Crippen molar-refractivity contribution in [3.63, 3.8) is 0 Å². The molecule has 0 radical (unpaired) electrons. The molecule has 0 aliphatic rings. The van der Waals surface area contributed by atoms with E-state index >= 15 is 0 Å². The molecule has 0 heterocycles. The van der Waals surface area contributed by atoms with Crippen LogP contribution in [0.4, 0.5) is 4.39 Å². The van der Waals surface area contributed by atoms with Crippen LogP contribution < -0.4 is 5.73 Å². The standard InChI is InChI=1S/C14H15FN2/c1-3-13(17-2)10-12(16)9-8-11-6-4-5-7-14(11)15/h3-7,9-10H,1-2,8,16H2/b12-9+,13-10-. The SMILES string of the molecule is C=C/C(=C/C(N)=C\Cc1ccccc1F)N=C. The first-order valence-corrected chi connectivity index (χ1v) is 5.17. The van der Waals surface area contributed by atoms with E-state index in [0.29, 0.717) is 23.4 Å². The van der Waals surface area contributed by atoms with Crippen molar-refractivity contribution < 1.29 is 4.39 Å². The number of nitrogens with two attached hydrogens (primary N) is 1. The van der Waals surface area contributed by atoms with Gasteiger partial charge in [0.15, 0.2) is 0 Å². The zero-order valence-corrected chi connectivity index (χ0v) is 9.57. The van der Waals surface area contributed by atoms with Crippen molar-refractivity contribution in [2.45, 2.75) is 6.42 Å². The summed E-state index contributed by atoms with van der Waals surface area (Å²) in [6, 6.07) is 6.60. The normalized spacial score (nSPS) is 12.3. The number of rotatable bonds is 5. The van der Waals surface area contributed by atoms with Crippen LogP contribution in [0.2, 0.25) is 0 Å². The topological polar surface area (TPSA) is 38.4 Å². The van der Waals surface area contributed by atoms with Crippen molar-refractivity contribution in [3.05, 3.63) is 71.8 Å². The van der Waals surface area contributed by atoms with Gasteiger partial charge in [0, 0.05) is 5.70 Å². The number of hydrogen-bond acceptors (Lipinski definition) is 2. The van der Waals surface area contributed by atoms with Crippen LogP contribution in [0.1, 0.15) is 5.56 Å². The lowest BCUT2D eigenvalue weighted by atomic mass is 10.1. The lowest BCUT2D eigenvalue weighted by Gasteiger charge is -1.99. The van der Waals surface area contributed by atoms with Gasteiger partial charge in [0.05, 0.1) is 5.70 Å². The molecule has 3 heteroatoms. The Labute approximate surface area is 101 Å². The van der Waals surface area contributed by atoms with E-state index in [0.717, 1.165) is 0 Å². The second kappa shape index (κ2) is 6.43. The van der Waals surface area contributed by atoms with Gasteiger partial charge in [0.1, 0.15) is 5.82 Å². The molecule has 0 aliphatic carbocycles. The number of hydrogen-bond donors (Lipinski definition) is 1. The zero-order chi connectivity index (χ0) is 12.7. The highest BCUT2D eigenvalue weighted by Crippen LogP contribution is 2.09. The highest BCUT2D eigenvalue weighted by molar-refractivity contribution is 5.36. The maximum Gasteiger partial charge on any atom is 0.126 e. The van der Waals surface area contributed by atoms with E-state index in [2.05, 4.69) is 18.3 Å². The molecule has 2 N–H and O–H groups in total. The Hall–Kier alpha value is -2.16. The Morgan fingerprint density at radius 2 is 2.12 bits per heavy atom. The van der Waals surface area contributed by atoms with Gasteiger partial charge in [0.2, 0.25) is 0 Å². The first-order chi connectivity index (χ1) is 8.17. The van der Waals surface area contributed by atoms with Crippen LogP contribution in [-0.2, 0) is 6.42 Å². The second-order valence-electron chi connectivity index (χ2n) is 3.43. The third kappa shape index (κ3) is 4.07. The summed E-state index contributed by atoms with van der Waals surface area (Å²) in [5.41, 5.74) is 7.46. The van der Waals surface area contributed by atoms with Crippen LogP contribution in [0, 0.1) is 5.82 Å². The van der Waals surface area contributed by atoms with E-state index in [1.54, 1.807) is 36.4 Å². The van der Waals surface area contributed by atoms with Crippen LogP contribution in [-0.4, -0.2) is 6.72 Å². The highest BCUT2D eigenvalue weighted by atomic mass is 19.1. The molecule has 1 aromatic carbocycles. The van der Waals surface area contributed by atoms with E-state index in [-0.39, 0.29) is 5.82 Å². The molecule has 0 fully saturated rings. The van der Waals surface area contributed by atoms with E-state index in [4.69, 9.17) is 5.73 Å². The Bertz CT molecular complexity index is 463. The predicted octanol–water partition coefficient (Wildman–Crippen LogP) is 2.98. The highest BCUT2D eigenvalue weighted by Gasteiger charge is 1.98. The summed E-state index contributed by atoms with van der Waals surface area (Å²) < 4.78 is 13.3. The van der Waals surface area contributed by atoms with Crippen molar-refractivity contribution in [3.8, 4) is 0 Å². The first kappa shape index (κ1) is 12.9. The van der Waals surface area contributed by atoms with Gasteiger partial charge in [0.25, 0.3) is 0 Å². The molecule has 0 saturated carbocycles. The van der Waals surface area contributed by atoms with Gasteiger partial charge in [-0.25, -0.2) is 4.39 Å². The number of halogens is 1. The largest absolute Gasteiger partial charge is 0.399 e. The Kier molecular flexibility index (Phi) is 4.88. The van der Waals surface area contributed by atoms with Gasteiger partial charge < -0.3 is 5.73 Å². The van der Waals surface area contributed by atoms with Crippen molar-refractivity contribution in [1.82, 2.24) is 0 Å².